The number of carbonyl (C=O) groups is 1. The van der Waals surface area contributed by atoms with Crippen molar-refractivity contribution in [1.29, 1.82) is 0 Å². The van der Waals surface area contributed by atoms with E-state index in [1.165, 1.54) is 17.3 Å². The van der Waals surface area contributed by atoms with Crippen LogP contribution in [0.2, 0.25) is 5.02 Å². The van der Waals surface area contributed by atoms with E-state index in [9.17, 15) is 4.79 Å². The van der Waals surface area contributed by atoms with E-state index < -0.39 is 0 Å². The number of amides is 1. The molecule has 144 valence electrons. The maximum atomic E-state index is 12.3. The number of hydrogen-bond acceptors (Lipinski definition) is 5. The number of rotatable bonds is 6. The first-order valence-corrected chi connectivity index (χ1v) is 10.2. The largest absolute Gasteiger partial charge is 0.411 e. The number of benzene rings is 3. The number of halogens is 1. The number of nitrogens with one attached hydrogen (secondary N) is 1. The lowest BCUT2D eigenvalue weighted by Gasteiger charge is -2.07. The van der Waals surface area contributed by atoms with Crippen LogP contribution in [0.4, 0.5) is 5.69 Å². The summed E-state index contributed by atoms with van der Waals surface area (Å²) in [6.45, 7) is 0. The molecule has 0 aliphatic carbocycles. The summed E-state index contributed by atoms with van der Waals surface area (Å²) in [6.07, 6.45) is 0. The Hall–Kier alpha value is -3.09. The van der Waals surface area contributed by atoms with Crippen molar-refractivity contribution in [2.24, 2.45) is 0 Å². The van der Waals surface area contributed by atoms with Crippen molar-refractivity contribution in [1.82, 2.24) is 10.2 Å². The third-order valence-electron chi connectivity index (χ3n) is 4.10. The molecule has 5 nitrogen and oxygen atoms in total. The molecule has 0 bridgehead atoms. The highest BCUT2D eigenvalue weighted by Gasteiger charge is 2.14. The van der Waals surface area contributed by atoms with Crippen LogP contribution in [0.3, 0.4) is 0 Å². The third kappa shape index (κ3) is 4.85. The Morgan fingerprint density at radius 3 is 2.41 bits per heavy atom. The van der Waals surface area contributed by atoms with Crippen LogP contribution < -0.4 is 5.32 Å². The summed E-state index contributed by atoms with van der Waals surface area (Å²) in [5.41, 5.74) is 2.95. The van der Waals surface area contributed by atoms with E-state index in [0.717, 1.165) is 5.75 Å². The Morgan fingerprint density at radius 1 is 0.966 bits per heavy atom. The lowest BCUT2D eigenvalue weighted by molar-refractivity contribution is 0.102. The Balaban J connectivity index is 1.44. The molecule has 4 aromatic rings. The summed E-state index contributed by atoms with van der Waals surface area (Å²) in [5, 5.41) is 11.9. The maximum Gasteiger partial charge on any atom is 0.277 e. The summed E-state index contributed by atoms with van der Waals surface area (Å²) < 4.78 is 5.73. The predicted octanol–water partition coefficient (Wildman–Crippen LogP) is 5.93. The standard InChI is InChI=1S/C22H16ClN3O2S/c23-19-13-17(24-20(27)16-9-5-2-6-10-16)11-12-18(19)21-25-26-22(28-21)29-14-15-7-3-1-4-8-15/h1-13H,14H2,(H,24,27). The lowest BCUT2D eigenvalue weighted by atomic mass is 10.2. The first-order valence-electron chi connectivity index (χ1n) is 8.85. The minimum absolute atomic E-state index is 0.202. The van der Waals surface area contributed by atoms with Gasteiger partial charge in [-0.05, 0) is 35.9 Å². The van der Waals surface area contributed by atoms with Gasteiger partial charge in [-0.3, -0.25) is 4.79 Å². The molecule has 0 fully saturated rings. The molecule has 3 aromatic carbocycles. The van der Waals surface area contributed by atoms with Crippen molar-refractivity contribution >= 4 is 35.0 Å². The van der Waals surface area contributed by atoms with Gasteiger partial charge in [-0.25, -0.2) is 0 Å². The van der Waals surface area contributed by atoms with Gasteiger partial charge in [-0.1, -0.05) is 71.9 Å². The Bertz CT molecular complexity index is 1120. The number of carbonyl (C=O) groups excluding carboxylic acids is 1. The van der Waals surface area contributed by atoms with Crippen LogP contribution in [0.1, 0.15) is 15.9 Å². The van der Waals surface area contributed by atoms with Crippen molar-refractivity contribution in [2.45, 2.75) is 11.0 Å². The molecule has 1 N–H and O–H groups in total. The topological polar surface area (TPSA) is 68.0 Å². The second-order valence-corrected chi connectivity index (χ2v) is 7.50. The second kappa shape index (κ2) is 8.94. The first-order chi connectivity index (χ1) is 14.2. The maximum absolute atomic E-state index is 12.3. The number of nitrogens with zero attached hydrogens (tertiary/aromatic N) is 2. The van der Waals surface area contributed by atoms with Gasteiger partial charge in [-0.15, -0.1) is 10.2 Å². The van der Waals surface area contributed by atoms with E-state index in [-0.39, 0.29) is 5.91 Å². The van der Waals surface area contributed by atoms with Crippen LogP contribution in [0.5, 0.6) is 0 Å². The van der Waals surface area contributed by atoms with E-state index in [2.05, 4.69) is 15.5 Å². The van der Waals surface area contributed by atoms with E-state index >= 15 is 0 Å². The third-order valence-corrected chi connectivity index (χ3v) is 5.31. The minimum Gasteiger partial charge on any atom is -0.411 e. The minimum atomic E-state index is -0.202. The van der Waals surface area contributed by atoms with E-state index in [1.807, 2.05) is 48.5 Å². The molecule has 1 amide bonds. The zero-order valence-electron chi connectivity index (χ0n) is 15.2. The molecule has 0 saturated carbocycles. The van der Waals surface area contributed by atoms with Crippen molar-refractivity contribution < 1.29 is 9.21 Å². The van der Waals surface area contributed by atoms with Gasteiger partial charge in [0.2, 0.25) is 5.89 Å². The number of thioether (sulfide) groups is 1. The highest BCUT2D eigenvalue weighted by Crippen LogP contribution is 2.32. The fourth-order valence-corrected chi connectivity index (χ4v) is 3.64. The van der Waals surface area contributed by atoms with Gasteiger partial charge in [0.15, 0.2) is 0 Å². The lowest BCUT2D eigenvalue weighted by Crippen LogP contribution is -2.11. The molecule has 0 spiro atoms. The highest BCUT2D eigenvalue weighted by atomic mass is 35.5. The average Bonchev–Trinajstić information content (AvgIpc) is 3.22. The van der Waals surface area contributed by atoms with Gasteiger partial charge in [0.1, 0.15) is 0 Å². The molecule has 0 unspecified atom stereocenters. The van der Waals surface area contributed by atoms with Crippen molar-refractivity contribution in [3.8, 4) is 11.5 Å². The number of anilines is 1. The smallest absolute Gasteiger partial charge is 0.277 e. The molecule has 7 heteroatoms. The first kappa shape index (κ1) is 19.2. The molecule has 0 aliphatic heterocycles. The van der Waals surface area contributed by atoms with Crippen LogP contribution >= 0.6 is 23.4 Å². The van der Waals surface area contributed by atoms with Crippen molar-refractivity contribution in [3.05, 3.63) is 95.0 Å². The van der Waals surface area contributed by atoms with Gasteiger partial charge in [0.05, 0.1) is 10.6 Å². The monoisotopic (exact) mass is 421 g/mol. The molecular weight excluding hydrogens is 406 g/mol. The highest BCUT2D eigenvalue weighted by molar-refractivity contribution is 7.98. The quantitative estimate of drug-likeness (QED) is 0.390. The summed E-state index contributed by atoms with van der Waals surface area (Å²) in [6, 6.07) is 24.2. The molecule has 4 rings (SSSR count). The molecule has 0 atom stereocenters. The van der Waals surface area contributed by atoms with Gasteiger partial charge >= 0.3 is 0 Å². The Morgan fingerprint density at radius 2 is 1.69 bits per heavy atom. The summed E-state index contributed by atoms with van der Waals surface area (Å²) in [5.74, 6) is 0.874. The summed E-state index contributed by atoms with van der Waals surface area (Å²) >= 11 is 7.85. The fraction of sp³-hybridized carbons (Fsp3) is 0.0455. The zero-order chi connectivity index (χ0) is 20.1. The summed E-state index contributed by atoms with van der Waals surface area (Å²) in [4.78, 5) is 12.3. The van der Waals surface area contributed by atoms with Gasteiger partial charge < -0.3 is 9.73 Å². The van der Waals surface area contributed by atoms with Crippen LogP contribution in [-0.2, 0) is 5.75 Å². The molecular formula is C22H16ClN3O2S. The van der Waals surface area contributed by atoms with Gasteiger partial charge in [0, 0.05) is 17.0 Å². The normalized spacial score (nSPS) is 10.7. The van der Waals surface area contributed by atoms with Crippen LogP contribution in [-0.4, -0.2) is 16.1 Å². The summed E-state index contributed by atoms with van der Waals surface area (Å²) in [7, 11) is 0. The number of hydrogen-bond donors (Lipinski definition) is 1. The SMILES string of the molecule is O=C(Nc1ccc(-c2nnc(SCc3ccccc3)o2)c(Cl)c1)c1ccccc1. The van der Waals surface area contributed by atoms with Crippen LogP contribution in [0.25, 0.3) is 11.5 Å². The fourth-order valence-electron chi connectivity index (χ4n) is 2.66. The van der Waals surface area contributed by atoms with Gasteiger partial charge in [0.25, 0.3) is 11.1 Å². The van der Waals surface area contributed by atoms with E-state index in [1.54, 1.807) is 30.3 Å². The molecule has 0 radical (unpaired) electrons. The van der Waals surface area contributed by atoms with Crippen LogP contribution in [0, 0.1) is 0 Å². The van der Waals surface area contributed by atoms with Crippen molar-refractivity contribution in [3.63, 3.8) is 0 Å². The van der Waals surface area contributed by atoms with Gasteiger partial charge in [-0.2, -0.15) is 0 Å². The zero-order valence-corrected chi connectivity index (χ0v) is 16.8. The van der Waals surface area contributed by atoms with Crippen molar-refractivity contribution in [2.75, 3.05) is 5.32 Å². The Labute approximate surface area is 177 Å². The molecule has 0 saturated heterocycles. The second-order valence-electron chi connectivity index (χ2n) is 6.16. The van der Waals surface area contributed by atoms with E-state index in [4.69, 9.17) is 16.0 Å². The molecule has 0 aliphatic rings. The Kier molecular flexibility index (Phi) is 5.93. The molecule has 1 heterocycles. The molecule has 29 heavy (non-hydrogen) atoms. The molecule has 1 aromatic heterocycles. The predicted molar refractivity (Wildman–Crippen MR) is 115 cm³/mol. The van der Waals surface area contributed by atoms with E-state index in [0.29, 0.717) is 33.0 Å². The van der Waals surface area contributed by atoms with Crippen LogP contribution in [0.15, 0.2) is 88.5 Å². The average molecular weight is 422 g/mol. The number of aromatic nitrogens is 2.